The third kappa shape index (κ3) is 4.93. The highest BCUT2D eigenvalue weighted by Gasteiger charge is 2.50. The zero-order valence-corrected chi connectivity index (χ0v) is 18.5. The predicted molar refractivity (Wildman–Crippen MR) is 122 cm³/mol. The van der Waals surface area contributed by atoms with Gasteiger partial charge in [-0.15, -0.1) is 0 Å². The Kier molecular flexibility index (Phi) is 5.66. The monoisotopic (exact) mass is 448 g/mol. The van der Waals surface area contributed by atoms with Crippen LogP contribution in [0.3, 0.4) is 0 Å². The minimum absolute atomic E-state index is 0.0680. The van der Waals surface area contributed by atoms with Crippen LogP contribution in [0.2, 0.25) is 0 Å². The number of benzene rings is 2. The Bertz CT molecular complexity index is 1060. The first-order chi connectivity index (χ1) is 15.9. The van der Waals surface area contributed by atoms with Gasteiger partial charge in [0.1, 0.15) is 11.4 Å². The third-order valence-corrected chi connectivity index (χ3v) is 6.66. The topological polar surface area (TPSA) is 87.2 Å². The van der Waals surface area contributed by atoms with Crippen molar-refractivity contribution >= 4 is 17.8 Å². The van der Waals surface area contributed by atoms with Crippen LogP contribution in [0, 0.1) is 5.92 Å². The van der Waals surface area contributed by atoms with E-state index in [9.17, 15) is 19.5 Å². The van der Waals surface area contributed by atoms with Gasteiger partial charge in [0.05, 0.1) is 0 Å². The van der Waals surface area contributed by atoms with Crippen LogP contribution >= 0.6 is 0 Å². The molecule has 1 N–H and O–H groups in total. The number of amides is 2. The van der Waals surface area contributed by atoms with E-state index in [0.717, 1.165) is 24.0 Å². The van der Waals surface area contributed by atoms with Gasteiger partial charge in [0, 0.05) is 38.2 Å². The van der Waals surface area contributed by atoms with Gasteiger partial charge in [-0.25, -0.2) is 0 Å². The molecule has 0 bridgehead atoms. The summed E-state index contributed by atoms with van der Waals surface area (Å²) in [5.41, 5.74) is 1.27. The number of esters is 1. The summed E-state index contributed by atoms with van der Waals surface area (Å²) in [4.78, 5) is 40.6. The molecule has 0 spiro atoms. The molecule has 3 fully saturated rings. The number of hydrogen-bond donors (Lipinski definition) is 1. The van der Waals surface area contributed by atoms with E-state index in [-0.39, 0.29) is 17.8 Å². The standard InChI is InChI=1S/C26H28N2O5/c29-23(16-18-4-5-18)33-22-3-1-2-21(17-22)19-6-8-20(9-7-19)24(30)27-12-14-28(15-13-27)25(31)26(32)10-11-26/h1-3,6-9,17-18,32H,4-5,10-16H2. The van der Waals surface area contributed by atoms with Crippen molar-refractivity contribution in [3.63, 3.8) is 0 Å². The van der Waals surface area contributed by atoms with Crippen LogP contribution in [0.4, 0.5) is 0 Å². The fourth-order valence-electron chi connectivity index (χ4n) is 4.20. The summed E-state index contributed by atoms with van der Waals surface area (Å²) in [5, 5.41) is 10.0. The molecule has 0 unspecified atom stereocenters. The van der Waals surface area contributed by atoms with Gasteiger partial charge < -0.3 is 19.6 Å². The Labute approximate surface area is 192 Å². The number of nitrogens with zero attached hydrogens (tertiary/aromatic N) is 2. The average molecular weight is 449 g/mol. The second kappa shape index (κ2) is 8.63. The van der Waals surface area contributed by atoms with Crippen molar-refractivity contribution < 1.29 is 24.2 Å². The largest absolute Gasteiger partial charge is 0.426 e. The van der Waals surface area contributed by atoms with Gasteiger partial charge in [-0.2, -0.15) is 0 Å². The van der Waals surface area contributed by atoms with Crippen LogP contribution in [-0.4, -0.2) is 64.5 Å². The summed E-state index contributed by atoms with van der Waals surface area (Å²) in [6.07, 6.45) is 3.76. The third-order valence-electron chi connectivity index (χ3n) is 6.66. The molecule has 7 nitrogen and oxygen atoms in total. The molecule has 172 valence electrons. The smallest absolute Gasteiger partial charge is 0.311 e. The highest BCUT2D eigenvalue weighted by molar-refractivity contribution is 5.95. The number of hydrogen-bond acceptors (Lipinski definition) is 5. The van der Waals surface area contributed by atoms with Gasteiger partial charge in [0.2, 0.25) is 0 Å². The number of rotatable bonds is 6. The van der Waals surface area contributed by atoms with Gasteiger partial charge in [-0.05, 0) is 67.0 Å². The highest BCUT2D eigenvalue weighted by Crippen LogP contribution is 2.37. The van der Waals surface area contributed by atoms with Gasteiger partial charge in [0.25, 0.3) is 11.8 Å². The summed E-state index contributed by atoms with van der Waals surface area (Å²) in [5.74, 6) is 0.546. The van der Waals surface area contributed by atoms with E-state index in [0.29, 0.717) is 62.7 Å². The first-order valence-electron chi connectivity index (χ1n) is 11.6. The van der Waals surface area contributed by atoms with E-state index >= 15 is 0 Å². The minimum atomic E-state index is -1.16. The Morgan fingerprint density at radius 2 is 1.58 bits per heavy atom. The fraction of sp³-hybridized carbons (Fsp3) is 0.423. The molecular weight excluding hydrogens is 420 g/mol. The van der Waals surface area contributed by atoms with E-state index in [1.165, 1.54) is 0 Å². The molecule has 0 aromatic heterocycles. The molecular formula is C26H28N2O5. The van der Waals surface area contributed by atoms with Crippen LogP contribution in [0.15, 0.2) is 48.5 Å². The Balaban J connectivity index is 1.19. The first kappa shape index (κ1) is 21.6. The normalized spacial score (nSPS) is 19.2. The number of ether oxygens (including phenoxy) is 1. The van der Waals surface area contributed by atoms with E-state index in [4.69, 9.17) is 4.74 Å². The molecule has 7 heteroatoms. The molecule has 2 amide bonds. The summed E-state index contributed by atoms with van der Waals surface area (Å²) in [6.45, 7) is 1.79. The van der Waals surface area contributed by atoms with Crippen molar-refractivity contribution in [2.24, 2.45) is 5.92 Å². The summed E-state index contributed by atoms with van der Waals surface area (Å²) in [7, 11) is 0. The van der Waals surface area contributed by atoms with Crippen LogP contribution < -0.4 is 4.74 Å². The second-order valence-electron chi connectivity index (χ2n) is 9.34. The average Bonchev–Trinajstić information content (AvgIpc) is 3.77. The molecule has 0 radical (unpaired) electrons. The molecule has 2 aliphatic carbocycles. The van der Waals surface area contributed by atoms with Crippen molar-refractivity contribution in [1.82, 2.24) is 9.80 Å². The van der Waals surface area contributed by atoms with Crippen LogP contribution in [0.5, 0.6) is 5.75 Å². The lowest BCUT2D eigenvalue weighted by Crippen LogP contribution is -2.53. The van der Waals surface area contributed by atoms with Crippen LogP contribution in [-0.2, 0) is 9.59 Å². The molecule has 0 atom stereocenters. The second-order valence-corrected chi connectivity index (χ2v) is 9.34. The van der Waals surface area contributed by atoms with Crippen molar-refractivity contribution in [2.75, 3.05) is 26.2 Å². The van der Waals surface area contributed by atoms with Crippen LogP contribution in [0.25, 0.3) is 11.1 Å². The van der Waals surface area contributed by atoms with Crippen LogP contribution in [0.1, 0.15) is 42.5 Å². The van der Waals surface area contributed by atoms with Crippen molar-refractivity contribution in [2.45, 2.75) is 37.7 Å². The lowest BCUT2D eigenvalue weighted by molar-refractivity contribution is -0.144. The minimum Gasteiger partial charge on any atom is -0.426 e. The molecule has 1 aliphatic heterocycles. The molecule has 2 saturated carbocycles. The summed E-state index contributed by atoms with van der Waals surface area (Å²) < 4.78 is 5.48. The predicted octanol–water partition coefficient (Wildman–Crippen LogP) is 2.87. The zero-order valence-electron chi connectivity index (χ0n) is 18.5. The summed E-state index contributed by atoms with van der Waals surface area (Å²) in [6, 6.07) is 14.8. The number of aliphatic hydroxyl groups is 1. The lowest BCUT2D eigenvalue weighted by Gasteiger charge is -2.35. The van der Waals surface area contributed by atoms with Gasteiger partial charge in [0.15, 0.2) is 0 Å². The van der Waals surface area contributed by atoms with E-state index < -0.39 is 5.60 Å². The highest BCUT2D eigenvalue weighted by atomic mass is 16.5. The maximum Gasteiger partial charge on any atom is 0.311 e. The number of piperazine rings is 1. The van der Waals surface area contributed by atoms with Gasteiger partial charge >= 0.3 is 5.97 Å². The van der Waals surface area contributed by atoms with Gasteiger partial charge in [-0.1, -0.05) is 24.3 Å². The van der Waals surface area contributed by atoms with E-state index in [1.54, 1.807) is 28.0 Å². The van der Waals surface area contributed by atoms with E-state index in [2.05, 4.69) is 0 Å². The first-order valence-corrected chi connectivity index (χ1v) is 11.6. The Morgan fingerprint density at radius 3 is 2.21 bits per heavy atom. The Morgan fingerprint density at radius 1 is 0.909 bits per heavy atom. The van der Waals surface area contributed by atoms with Crippen molar-refractivity contribution in [1.29, 1.82) is 0 Å². The molecule has 3 aliphatic rings. The maximum absolute atomic E-state index is 12.9. The SMILES string of the molecule is O=C(CC1CC1)Oc1cccc(-c2ccc(C(=O)N3CCN(C(=O)C4(O)CC4)CC3)cc2)c1. The molecule has 2 aromatic rings. The number of carbonyl (C=O) groups is 3. The number of carbonyl (C=O) groups excluding carboxylic acids is 3. The molecule has 1 heterocycles. The molecule has 5 rings (SSSR count). The fourth-order valence-corrected chi connectivity index (χ4v) is 4.20. The van der Waals surface area contributed by atoms with Crippen molar-refractivity contribution in [3.8, 4) is 16.9 Å². The molecule has 33 heavy (non-hydrogen) atoms. The zero-order chi connectivity index (χ0) is 23.0. The quantitative estimate of drug-likeness (QED) is 0.542. The van der Waals surface area contributed by atoms with Gasteiger partial charge in [-0.3, -0.25) is 14.4 Å². The van der Waals surface area contributed by atoms with Crippen molar-refractivity contribution in [3.05, 3.63) is 54.1 Å². The lowest BCUT2D eigenvalue weighted by atomic mass is 10.0. The Hall–Kier alpha value is -3.19. The molecule has 1 saturated heterocycles. The molecule has 2 aromatic carbocycles. The van der Waals surface area contributed by atoms with E-state index in [1.807, 2.05) is 30.3 Å². The maximum atomic E-state index is 12.9. The summed E-state index contributed by atoms with van der Waals surface area (Å²) >= 11 is 0.